The fourth-order valence-corrected chi connectivity index (χ4v) is 9.21. The lowest BCUT2D eigenvalue weighted by molar-refractivity contribution is 0.0375. The molecule has 0 bridgehead atoms. The van der Waals surface area contributed by atoms with Crippen molar-refractivity contribution in [2.24, 2.45) is 5.92 Å². The normalized spacial score (nSPS) is 18.6. The van der Waals surface area contributed by atoms with Crippen molar-refractivity contribution in [2.75, 3.05) is 6.61 Å². The van der Waals surface area contributed by atoms with Gasteiger partial charge >= 0.3 is 0 Å². The van der Waals surface area contributed by atoms with Gasteiger partial charge in [-0.2, -0.15) is 0 Å². The SMILES string of the molecule is CCCCC#C[Si](OC(CO)C1CCCCC1)(C(C)(C)C)C(C)(C)C. The van der Waals surface area contributed by atoms with Gasteiger partial charge in [-0.3, -0.25) is 0 Å². The summed E-state index contributed by atoms with van der Waals surface area (Å²) in [7, 11) is -2.44. The molecule has 0 amide bonds. The van der Waals surface area contributed by atoms with Crippen LogP contribution in [0.25, 0.3) is 0 Å². The van der Waals surface area contributed by atoms with Gasteiger partial charge in [-0.05, 0) is 35.3 Å². The monoisotopic (exact) mass is 366 g/mol. The van der Waals surface area contributed by atoms with Crippen molar-refractivity contribution in [3.63, 3.8) is 0 Å². The zero-order valence-corrected chi connectivity index (χ0v) is 18.9. The second kappa shape index (κ2) is 9.58. The van der Waals surface area contributed by atoms with Crippen molar-refractivity contribution in [1.82, 2.24) is 0 Å². The Kier molecular flexibility index (Phi) is 8.71. The lowest BCUT2D eigenvalue weighted by Gasteiger charge is -2.49. The Bertz CT molecular complexity index is 427. The zero-order valence-electron chi connectivity index (χ0n) is 17.9. The summed E-state index contributed by atoms with van der Waals surface area (Å²) in [5.41, 5.74) is 3.71. The second-order valence-electron chi connectivity index (χ2n) is 9.82. The van der Waals surface area contributed by atoms with E-state index < -0.39 is 8.32 Å². The van der Waals surface area contributed by atoms with Crippen molar-refractivity contribution in [1.29, 1.82) is 0 Å². The van der Waals surface area contributed by atoms with Crippen LogP contribution in [-0.2, 0) is 4.43 Å². The topological polar surface area (TPSA) is 29.5 Å². The van der Waals surface area contributed by atoms with Gasteiger partial charge in [0.15, 0.2) is 0 Å². The van der Waals surface area contributed by atoms with Gasteiger partial charge < -0.3 is 9.53 Å². The van der Waals surface area contributed by atoms with Gasteiger partial charge in [0, 0.05) is 6.42 Å². The van der Waals surface area contributed by atoms with Gasteiger partial charge in [-0.25, -0.2) is 0 Å². The minimum Gasteiger partial charge on any atom is -0.399 e. The van der Waals surface area contributed by atoms with E-state index in [2.05, 4.69) is 59.9 Å². The van der Waals surface area contributed by atoms with Crippen LogP contribution in [0.4, 0.5) is 0 Å². The number of rotatable bonds is 6. The highest BCUT2D eigenvalue weighted by Crippen LogP contribution is 2.52. The molecule has 0 aromatic heterocycles. The van der Waals surface area contributed by atoms with Crippen LogP contribution in [-0.4, -0.2) is 26.1 Å². The van der Waals surface area contributed by atoms with E-state index in [1.54, 1.807) is 0 Å². The highest BCUT2D eigenvalue weighted by Gasteiger charge is 2.56. The first-order valence-corrected chi connectivity index (χ1v) is 12.3. The maximum Gasteiger partial charge on any atom is 0.282 e. The summed E-state index contributed by atoms with van der Waals surface area (Å²) in [5.74, 6) is 3.97. The molecule has 1 unspecified atom stereocenters. The first kappa shape index (κ1) is 22.7. The van der Waals surface area contributed by atoms with E-state index in [4.69, 9.17) is 4.43 Å². The fraction of sp³-hybridized carbons (Fsp3) is 0.909. The summed E-state index contributed by atoms with van der Waals surface area (Å²) in [5, 5.41) is 10.1. The molecule has 0 aromatic rings. The Morgan fingerprint density at radius 3 is 2.04 bits per heavy atom. The standard InChI is InChI=1S/C22H42O2Si/c1-8-9-10-14-17-25(21(2,3)4,22(5,6)7)24-20(18-23)19-15-12-11-13-16-19/h19-20,23H,8-13,15-16,18H2,1-7H3. The van der Waals surface area contributed by atoms with Crippen molar-refractivity contribution >= 4 is 8.32 Å². The van der Waals surface area contributed by atoms with Gasteiger partial charge in [0.2, 0.25) is 0 Å². The van der Waals surface area contributed by atoms with Crippen LogP contribution in [0, 0.1) is 17.4 Å². The van der Waals surface area contributed by atoms with Gasteiger partial charge in [-0.15, -0.1) is 5.92 Å². The Morgan fingerprint density at radius 2 is 1.60 bits per heavy atom. The van der Waals surface area contributed by atoms with Crippen LogP contribution >= 0.6 is 0 Å². The third-order valence-electron chi connectivity index (χ3n) is 5.72. The quantitative estimate of drug-likeness (QED) is 0.343. The van der Waals surface area contributed by atoms with E-state index in [-0.39, 0.29) is 22.8 Å². The van der Waals surface area contributed by atoms with E-state index >= 15 is 0 Å². The summed E-state index contributed by atoms with van der Waals surface area (Å²) >= 11 is 0. The second-order valence-corrected chi connectivity index (χ2v) is 14.7. The molecule has 1 rings (SSSR count). The van der Waals surface area contributed by atoms with Crippen molar-refractivity contribution < 1.29 is 9.53 Å². The lowest BCUT2D eigenvalue weighted by atomic mass is 9.85. The minimum atomic E-state index is -2.44. The molecule has 3 heteroatoms. The van der Waals surface area contributed by atoms with Gasteiger partial charge in [0.1, 0.15) is 0 Å². The third kappa shape index (κ3) is 5.84. The average Bonchev–Trinajstić information content (AvgIpc) is 2.53. The smallest absolute Gasteiger partial charge is 0.282 e. The number of hydrogen-bond acceptors (Lipinski definition) is 2. The molecule has 1 atom stereocenters. The van der Waals surface area contributed by atoms with Crippen LogP contribution in [0.15, 0.2) is 0 Å². The number of aliphatic hydroxyl groups is 1. The van der Waals surface area contributed by atoms with Crippen molar-refractivity contribution in [3.8, 4) is 11.5 Å². The molecular weight excluding hydrogens is 324 g/mol. The van der Waals surface area contributed by atoms with Gasteiger partial charge in [0.05, 0.1) is 12.7 Å². The molecule has 0 heterocycles. The summed E-state index contributed by atoms with van der Waals surface area (Å²) in [6.07, 6.45) is 9.47. The number of unbranched alkanes of at least 4 members (excludes halogenated alkanes) is 2. The molecule has 1 saturated carbocycles. The van der Waals surface area contributed by atoms with Crippen LogP contribution in [0.3, 0.4) is 0 Å². The molecule has 0 saturated heterocycles. The molecule has 1 fully saturated rings. The molecule has 25 heavy (non-hydrogen) atoms. The van der Waals surface area contributed by atoms with E-state index in [1.165, 1.54) is 38.5 Å². The molecular formula is C22H42O2Si. The van der Waals surface area contributed by atoms with Crippen molar-refractivity contribution in [3.05, 3.63) is 0 Å². The van der Waals surface area contributed by atoms with Gasteiger partial charge in [0.25, 0.3) is 8.32 Å². The molecule has 1 N–H and O–H groups in total. The van der Waals surface area contributed by atoms with Crippen molar-refractivity contribution in [2.45, 2.75) is 116 Å². The molecule has 146 valence electrons. The van der Waals surface area contributed by atoms with E-state index in [9.17, 15) is 5.11 Å². The summed E-state index contributed by atoms with van der Waals surface area (Å²) in [6, 6.07) is 0. The van der Waals surface area contributed by atoms with E-state index in [0.29, 0.717) is 5.92 Å². The van der Waals surface area contributed by atoms with Crippen LogP contribution < -0.4 is 0 Å². The zero-order chi connectivity index (χ0) is 19.1. The molecule has 0 radical (unpaired) electrons. The van der Waals surface area contributed by atoms with E-state index in [1.807, 2.05) is 0 Å². The highest BCUT2D eigenvalue weighted by molar-refractivity contribution is 6.86. The molecule has 1 aliphatic rings. The third-order valence-corrected chi connectivity index (χ3v) is 11.1. The molecule has 1 aliphatic carbocycles. The lowest BCUT2D eigenvalue weighted by Crippen LogP contribution is -2.57. The predicted molar refractivity (Wildman–Crippen MR) is 111 cm³/mol. The summed E-state index contributed by atoms with van der Waals surface area (Å²) in [6.45, 7) is 16.1. The Balaban J connectivity index is 3.19. The number of aliphatic hydroxyl groups excluding tert-OH is 1. The fourth-order valence-electron chi connectivity index (χ4n) is 4.35. The molecule has 0 aliphatic heterocycles. The predicted octanol–water partition coefficient (Wildman–Crippen LogP) is 6.22. The molecule has 2 nitrogen and oxygen atoms in total. The number of hydrogen-bond donors (Lipinski definition) is 1. The van der Waals surface area contributed by atoms with Crippen LogP contribution in [0.1, 0.15) is 99.8 Å². The first-order chi connectivity index (χ1) is 11.6. The largest absolute Gasteiger partial charge is 0.399 e. The Morgan fingerprint density at radius 1 is 1.04 bits per heavy atom. The minimum absolute atomic E-state index is 0.00650. The molecule has 0 aromatic carbocycles. The maximum atomic E-state index is 10.1. The molecule has 0 spiro atoms. The Hall–Kier alpha value is -0.303. The average molecular weight is 367 g/mol. The van der Waals surface area contributed by atoms with Gasteiger partial charge in [-0.1, -0.05) is 79.7 Å². The first-order valence-electron chi connectivity index (χ1n) is 10.4. The summed E-state index contributed by atoms with van der Waals surface area (Å²) in [4.78, 5) is 0. The Labute approximate surface area is 158 Å². The van der Waals surface area contributed by atoms with E-state index in [0.717, 1.165) is 12.8 Å². The van der Waals surface area contributed by atoms with Crippen LogP contribution in [0.2, 0.25) is 10.1 Å². The maximum absolute atomic E-state index is 10.1. The highest BCUT2D eigenvalue weighted by atomic mass is 28.4. The summed E-state index contributed by atoms with van der Waals surface area (Å²) < 4.78 is 6.95. The van der Waals surface area contributed by atoms with Crippen LogP contribution in [0.5, 0.6) is 0 Å².